The van der Waals surface area contributed by atoms with Crippen molar-refractivity contribution in [2.45, 2.75) is 39.3 Å². The van der Waals surface area contributed by atoms with Gasteiger partial charge in [0.25, 0.3) is 5.91 Å². The number of carbonyl (C=O) groups excluding carboxylic acids is 1. The number of carbonyl (C=O) groups is 1. The Morgan fingerprint density at radius 1 is 1.03 bits per heavy atom. The van der Waals surface area contributed by atoms with Gasteiger partial charge in [-0.25, -0.2) is 4.98 Å². The number of amides is 1. The van der Waals surface area contributed by atoms with Crippen molar-refractivity contribution in [2.75, 3.05) is 6.61 Å². The van der Waals surface area contributed by atoms with E-state index in [1.807, 2.05) is 36.4 Å². The molecule has 4 rings (SSSR count). The van der Waals surface area contributed by atoms with E-state index in [-0.39, 0.29) is 11.3 Å². The van der Waals surface area contributed by atoms with Crippen molar-refractivity contribution in [2.24, 2.45) is 0 Å². The molecule has 170 valence electrons. The zero-order chi connectivity index (χ0) is 23.4. The van der Waals surface area contributed by atoms with E-state index in [0.717, 1.165) is 22.6 Å². The number of aromatic nitrogens is 2. The van der Waals surface area contributed by atoms with Crippen molar-refractivity contribution < 1.29 is 9.53 Å². The second kappa shape index (κ2) is 9.67. The van der Waals surface area contributed by atoms with Crippen LogP contribution >= 0.6 is 11.6 Å². The molecule has 1 N–H and O–H groups in total. The van der Waals surface area contributed by atoms with Crippen LogP contribution in [0.25, 0.3) is 11.0 Å². The van der Waals surface area contributed by atoms with Crippen LogP contribution in [-0.4, -0.2) is 22.1 Å². The topological polar surface area (TPSA) is 56.1 Å². The van der Waals surface area contributed by atoms with Crippen LogP contribution in [0.3, 0.4) is 0 Å². The molecule has 1 heterocycles. The predicted octanol–water partition coefficient (Wildman–Crippen LogP) is 6.00. The molecule has 0 fully saturated rings. The molecule has 0 saturated carbocycles. The van der Waals surface area contributed by atoms with Gasteiger partial charge in [0.15, 0.2) is 0 Å². The van der Waals surface area contributed by atoms with E-state index >= 15 is 0 Å². The Hall–Kier alpha value is -3.31. The van der Waals surface area contributed by atoms with Gasteiger partial charge in [0.2, 0.25) is 0 Å². The van der Waals surface area contributed by atoms with Crippen molar-refractivity contribution in [1.29, 1.82) is 0 Å². The van der Waals surface area contributed by atoms with E-state index in [2.05, 4.69) is 42.8 Å². The van der Waals surface area contributed by atoms with Crippen LogP contribution in [0.4, 0.5) is 0 Å². The lowest BCUT2D eigenvalue weighted by atomic mass is 9.87. The molecular weight excluding hydrogens is 434 g/mol. The molecule has 0 saturated heterocycles. The van der Waals surface area contributed by atoms with Crippen LogP contribution in [0.15, 0.2) is 72.8 Å². The van der Waals surface area contributed by atoms with Gasteiger partial charge in [-0.05, 0) is 53.4 Å². The maximum absolute atomic E-state index is 12.6. The standard InChI is InChI=1S/C27H28ClN3O2/c1-27(2,3)20-11-13-22(14-12-20)33-16-15-31-24-10-5-4-9-23(24)30-25(31)18-29-26(32)19-7-6-8-21(28)17-19/h4-14,17H,15-16,18H2,1-3H3,(H,29,32). The molecule has 0 unspecified atom stereocenters. The van der Waals surface area contributed by atoms with Crippen molar-refractivity contribution in [3.05, 3.63) is 94.8 Å². The first-order valence-electron chi connectivity index (χ1n) is 11.0. The molecule has 0 aliphatic rings. The molecule has 33 heavy (non-hydrogen) atoms. The van der Waals surface area contributed by atoms with Crippen LogP contribution in [0.1, 0.15) is 42.5 Å². The predicted molar refractivity (Wildman–Crippen MR) is 133 cm³/mol. The molecule has 3 aromatic carbocycles. The molecular formula is C27H28ClN3O2. The number of nitrogens with zero attached hydrogens (tertiary/aromatic N) is 2. The summed E-state index contributed by atoms with van der Waals surface area (Å²) in [5.74, 6) is 1.42. The van der Waals surface area contributed by atoms with Crippen molar-refractivity contribution in [1.82, 2.24) is 14.9 Å². The number of nitrogens with one attached hydrogen (secondary N) is 1. The zero-order valence-corrected chi connectivity index (χ0v) is 19.9. The summed E-state index contributed by atoms with van der Waals surface area (Å²) in [7, 11) is 0. The number of rotatable bonds is 7. The Kier molecular flexibility index (Phi) is 6.70. The SMILES string of the molecule is CC(C)(C)c1ccc(OCCn2c(CNC(=O)c3cccc(Cl)c3)nc3ccccc32)cc1. The van der Waals surface area contributed by atoms with E-state index in [0.29, 0.717) is 30.3 Å². The van der Waals surface area contributed by atoms with E-state index in [9.17, 15) is 4.79 Å². The van der Waals surface area contributed by atoms with Gasteiger partial charge in [0, 0.05) is 10.6 Å². The van der Waals surface area contributed by atoms with E-state index in [1.165, 1.54) is 5.56 Å². The average molecular weight is 462 g/mol. The number of halogens is 1. The highest BCUT2D eigenvalue weighted by molar-refractivity contribution is 6.30. The third kappa shape index (κ3) is 5.55. The molecule has 0 aliphatic heterocycles. The van der Waals surface area contributed by atoms with Crippen molar-refractivity contribution in [3.63, 3.8) is 0 Å². The van der Waals surface area contributed by atoms with Gasteiger partial charge in [-0.3, -0.25) is 4.79 Å². The second-order valence-corrected chi connectivity index (χ2v) is 9.42. The first-order chi connectivity index (χ1) is 15.8. The number of ether oxygens (including phenoxy) is 1. The van der Waals surface area contributed by atoms with Crippen LogP contribution in [-0.2, 0) is 18.5 Å². The van der Waals surface area contributed by atoms with Crippen molar-refractivity contribution >= 4 is 28.5 Å². The highest BCUT2D eigenvalue weighted by Crippen LogP contribution is 2.24. The lowest BCUT2D eigenvalue weighted by Gasteiger charge is -2.19. The Morgan fingerprint density at radius 3 is 2.52 bits per heavy atom. The summed E-state index contributed by atoms with van der Waals surface area (Å²) < 4.78 is 8.10. The molecule has 0 bridgehead atoms. The lowest BCUT2D eigenvalue weighted by Crippen LogP contribution is -2.25. The first kappa shape index (κ1) is 22.9. The molecule has 0 radical (unpaired) electrons. The Labute approximate surface area is 199 Å². The van der Waals surface area contributed by atoms with Gasteiger partial charge >= 0.3 is 0 Å². The fourth-order valence-electron chi connectivity index (χ4n) is 3.71. The lowest BCUT2D eigenvalue weighted by molar-refractivity contribution is 0.0949. The third-order valence-electron chi connectivity index (χ3n) is 5.53. The van der Waals surface area contributed by atoms with Gasteiger partial charge in [0.1, 0.15) is 18.2 Å². The van der Waals surface area contributed by atoms with Gasteiger partial charge in [0.05, 0.1) is 24.1 Å². The van der Waals surface area contributed by atoms with Crippen LogP contribution in [0.2, 0.25) is 5.02 Å². The highest BCUT2D eigenvalue weighted by Gasteiger charge is 2.14. The average Bonchev–Trinajstić information content (AvgIpc) is 3.15. The molecule has 1 aromatic heterocycles. The zero-order valence-electron chi connectivity index (χ0n) is 19.1. The second-order valence-electron chi connectivity index (χ2n) is 8.98. The third-order valence-corrected chi connectivity index (χ3v) is 5.77. The van der Waals surface area contributed by atoms with E-state index in [4.69, 9.17) is 21.3 Å². The number of hydrogen-bond donors (Lipinski definition) is 1. The Balaban J connectivity index is 1.45. The number of fused-ring (bicyclic) bond motifs is 1. The summed E-state index contributed by atoms with van der Waals surface area (Å²) in [6, 6.07) is 23.1. The smallest absolute Gasteiger partial charge is 0.251 e. The summed E-state index contributed by atoms with van der Waals surface area (Å²) in [5.41, 5.74) is 3.80. The van der Waals surface area contributed by atoms with E-state index in [1.54, 1.807) is 24.3 Å². The number of hydrogen-bond acceptors (Lipinski definition) is 3. The summed E-state index contributed by atoms with van der Waals surface area (Å²) >= 11 is 6.01. The van der Waals surface area contributed by atoms with Gasteiger partial charge in [-0.2, -0.15) is 0 Å². The normalized spacial score (nSPS) is 11.5. The molecule has 0 spiro atoms. The van der Waals surface area contributed by atoms with Crippen LogP contribution in [0.5, 0.6) is 5.75 Å². The summed E-state index contributed by atoms with van der Waals surface area (Å²) in [6.45, 7) is 7.99. The largest absolute Gasteiger partial charge is 0.492 e. The molecule has 1 amide bonds. The molecule has 4 aromatic rings. The number of para-hydroxylation sites is 2. The maximum atomic E-state index is 12.6. The minimum absolute atomic E-state index is 0.110. The quantitative estimate of drug-likeness (QED) is 0.367. The molecule has 0 atom stereocenters. The highest BCUT2D eigenvalue weighted by atomic mass is 35.5. The molecule has 0 aliphatic carbocycles. The maximum Gasteiger partial charge on any atom is 0.251 e. The fraction of sp³-hybridized carbons (Fsp3) is 0.259. The fourth-order valence-corrected chi connectivity index (χ4v) is 3.90. The van der Waals surface area contributed by atoms with Crippen LogP contribution in [0, 0.1) is 0 Å². The van der Waals surface area contributed by atoms with Crippen LogP contribution < -0.4 is 10.1 Å². The van der Waals surface area contributed by atoms with Crippen molar-refractivity contribution in [3.8, 4) is 5.75 Å². The monoisotopic (exact) mass is 461 g/mol. The Bertz CT molecular complexity index is 1260. The van der Waals surface area contributed by atoms with Gasteiger partial charge in [-0.1, -0.05) is 62.7 Å². The minimum atomic E-state index is -0.189. The minimum Gasteiger partial charge on any atom is -0.492 e. The number of imidazole rings is 1. The van der Waals surface area contributed by atoms with E-state index < -0.39 is 0 Å². The molecule has 5 nitrogen and oxygen atoms in total. The van der Waals surface area contributed by atoms with Gasteiger partial charge in [-0.15, -0.1) is 0 Å². The first-order valence-corrected chi connectivity index (χ1v) is 11.4. The molecule has 6 heteroatoms. The summed E-state index contributed by atoms with van der Waals surface area (Å²) in [6.07, 6.45) is 0. The van der Waals surface area contributed by atoms with Gasteiger partial charge < -0.3 is 14.6 Å². The summed E-state index contributed by atoms with van der Waals surface area (Å²) in [4.78, 5) is 17.3. The Morgan fingerprint density at radius 2 is 1.79 bits per heavy atom. The number of benzene rings is 3. The summed E-state index contributed by atoms with van der Waals surface area (Å²) in [5, 5.41) is 3.48.